The smallest absolute Gasteiger partial charge is 0.255 e. The van der Waals surface area contributed by atoms with E-state index in [0.717, 1.165) is 31.5 Å². The van der Waals surface area contributed by atoms with Gasteiger partial charge in [0.1, 0.15) is 0 Å². The predicted octanol–water partition coefficient (Wildman–Crippen LogP) is 1.37. The van der Waals surface area contributed by atoms with Gasteiger partial charge in [0, 0.05) is 57.0 Å². The SMILES string of the molecule is CCC(C)NCc1cc2c(n(CCOC)c1=O)CCN(C)C2. The number of nitrogens with one attached hydrogen (secondary N) is 1. The van der Waals surface area contributed by atoms with Crippen LogP contribution in [0.4, 0.5) is 0 Å². The average molecular weight is 307 g/mol. The minimum atomic E-state index is 0.135. The van der Waals surface area contributed by atoms with E-state index in [1.54, 1.807) is 7.11 Å². The number of nitrogens with zero attached hydrogens (tertiary/aromatic N) is 2. The van der Waals surface area contributed by atoms with E-state index in [4.69, 9.17) is 4.74 Å². The summed E-state index contributed by atoms with van der Waals surface area (Å²) in [6, 6.07) is 2.52. The molecule has 0 aromatic carbocycles. The molecule has 1 aliphatic heterocycles. The molecule has 0 bridgehead atoms. The van der Waals surface area contributed by atoms with Crippen LogP contribution in [0.1, 0.15) is 37.1 Å². The molecular formula is C17H29N3O2. The molecule has 0 amide bonds. The summed E-state index contributed by atoms with van der Waals surface area (Å²) in [7, 11) is 3.81. The van der Waals surface area contributed by atoms with Gasteiger partial charge in [0.15, 0.2) is 0 Å². The number of fused-ring (bicyclic) bond motifs is 1. The second-order valence-corrected chi connectivity index (χ2v) is 6.27. The number of hydrogen-bond acceptors (Lipinski definition) is 4. The Labute approximate surface area is 133 Å². The fourth-order valence-corrected chi connectivity index (χ4v) is 2.90. The van der Waals surface area contributed by atoms with Crippen LogP contribution in [0.15, 0.2) is 10.9 Å². The van der Waals surface area contributed by atoms with Crippen molar-refractivity contribution in [2.75, 3.05) is 27.3 Å². The third-order valence-corrected chi connectivity index (χ3v) is 4.51. The van der Waals surface area contributed by atoms with Gasteiger partial charge in [-0.3, -0.25) is 4.79 Å². The van der Waals surface area contributed by atoms with Crippen molar-refractivity contribution in [3.05, 3.63) is 33.2 Å². The lowest BCUT2D eigenvalue weighted by Gasteiger charge is -2.28. The molecule has 2 rings (SSSR count). The molecule has 1 atom stereocenters. The molecule has 124 valence electrons. The number of hydrogen-bond donors (Lipinski definition) is 1. The summed E-state index contributed by atoms with van der Waals surface area (Å²) >= 11 is 0. The normalized spacial score (nSPS) is 16.5. The van der Waals surface area contributed by atoms with E-state index in [-0.39, 0.29) is 5.56 Å². The van der Waals surface area contributed by atoms with Crippen molar-refractivity contribution in [2.24, 2.45) is 0 Å². The molecule has 1 aliphatic rings. The Morgan fingerprint density at radius 2 is 2.23 bits per heavy atom. The van der Waals surface area contributed by atoms with E-state index in [9.17, 15) is 4.79 Å². The van der Waals surface area contributed by atoms with Crippen molar-refractivity contribution in [1.82, 2.24) is 14.8 Å². The molecule has 0 saturated heterocycles. The number of aromatic nitrogens is 1. The molecule has 5 heteroatoms. The summed E-state index contributed by atoms with van der Waals surface area (Å²) in [5.74, 6) is 0. The van der Waals surface area contributed by atoms with E-state index >= 15 is 0 Å². The Morgan fingerprint density at radius 3 is 2.91 bits per heavy atom. The summed E-state index contributed by atoms with van der Waals surface area (Å²) in [5.41, 5.74) is 3.47. The highest BCUT2D eigenvalue weighted by molar-refractivity contribution is 5.29. The highest BCUT2D eigenvalue weighted by atomic mass is 16.5. The van der Waals surface area contributed by atoms with Gasteiger partial charge in [0.05, 0.1) is 6.61 Å². The maximum absolute atomic E-state index is 12.8. The molecule has 0 fully saturated rings. The zero-order chi connectivity index (χ0) is 16.1. The monoisotopic (exact) mass is 307 g/mol. The quantitative estimate of drug-likeness (QED) is 0.826. The molecular weight excluding hydrogens is 278 g/mol. The fraction of sp³-hybridized carbons (Fsp3) is 0.706. The summed E-state index contributed by atoms with van der Waals surface area (Å²) in [4.78, 5) is 15.1. The lowest BCUT2D eigenvalue weighted by molar-refractivity contribution is 0.183. The van der Waals surface area contributed by atoms with Crippen LogP contribution < -0.4 is 10.9 Å². The maximum Gasteiger partial charge on any atom is 0.255 e. The zero-order valence-corrected chi connectivity index (χ0v) is 14.3. The molecule has 0 radical (unpaired) electrons. The van der Waals surface area contributed by atoms with Gasteiger partial charge in [-0.05, 0) is 32.0 Å². The lowest BCUT2D eigenvalue weighted by atomic mass is 10.0. The molecule has 1 N–H and O–H groups in total. The van der Waals surface area contributed by atoms with Crippen molar-refractivity contribution < 1.29 is 4.74 Å². The summed E-state index contributed by atoms with van der Waals surface area (Å²) in [6.07, 6.45) is 2.00. The molecule has 0 spiro atoms. The summed E-state index contributed by atoms with van der Waals surface area (Å²) in [5, 5.41) is 3.43. The molecule has 5 nitrogen and oxygen atoms in total. The molecule has 1 aromatic rings. The van der Waals surface area contributed by atoms with Gasteiger partial charge in [0.25, 0.3) is 5.56 Å². The topological polar surface area (TPSA) is 46.5 Å². The van der Waals surface area contributed by atoms with E-state index in [1.165, 1.54) is 11.3 Å². The Balaban J connectivity index is 2.33. The van der Waals surface area contributed by atoms with Crippen molar-refractivity contribution in [3.8, 4) is 0 Å². The lowest BCUT2D eigenvalue weighted by Crippen LogP contribution is -2.37. The standard InChI is InChI=1S/C17H29N3O2/c1-5-13(2)18-11-14-10-15-12-19(3)7-6-16(15)20(17(14)21)8-9-22-4/h10,13,18H,5-9,11-12H2,1-4H3. The van der Waals surface area contributed by atoms with Crippen LogP contribution in [0.3, 0.4) is 0 Å². The van der Waals surface area contributed by atoms with E-state index in [1.807, 2.05) is 4.57 Å². The summed E-state index contributed by atoms with van der Waals surface area (Å²) < 4.78 is 7.11. The minimum absolute atomic E-state index is 0.135. The van der Waals surface area contributed by atoms with Gasteiger partial charge in [0.2, 0.25) is 0 Å². The second-order valence-electron chi connectivity index (χ2n) is 6.27. The third-order valence-electron chi connectivity index (χ3n) is 4.51. The number of pyridine rings is 1. The van der Waals surface area contributed by atoms with Gasteiger partial charge in [-0.15, -0.1) is 0 Å². The van der Waals surface area contributed by atoms with Crippen LogP contribution in [-0.4, -0.2) is 42.8 Å². The van der Waals surface area contributed by atoms with Gasteiger partial charge in [-0.2, -0.15) is 0 Å². The van der Waals surface area contributed by atoms with Crippen LogP contribution in [0.5, 0.6) is 0 Å². The minimum Gasteiger partial charge on any atom is -0.383 e. The molecule has 2 heterocycles. The summed E-state index contributed by atoms with van der Waals surface area (Å²) in [6.45, 7) is 8.07. The third kappa shape index (κ3) is 3.97. The van der Waals surface area contributed by atoms with Crippen molar-refractivity contribution in [3.63, 3.8) is 0 Å². The number of likely N-dealkylation sites (N-methyl/N-ethyl adjacent to an activating group) is 1. The Morgan fingerprint density at radius 1 is 1.45 bits per heavy atom. The van der Waals surface area contributed by atoms with Gasteiger partial charge < -0.3 is 19.5 Å². The van der Waals surface area contributed by atoms with Crippen LogP contribution >= 0.6 is 0 Å². The molecule has 0 saturated carbocycles. The first kappa shape index (κ1) is 17.2. The van der Waals surface area contributed by atoms with E-state index < -0.39 is 0 Å². The van der Waals surface area contributed by atoms with E-state index in [0.29, 0.717) is 25.7 Å². The first-order valence-electron chi connectivity index (χ1n) is 8.22. The van der Waals surface area contributed by atoms with Crippen LogP contribution in [0.25, 0.3) is 0 Å². The zero-order valence-electron chi connectivity index (χ0n) is 14.3. The Kier molecular flexibility index (Phi) is 6.17. The van der Waals surface area contributed by atoms with Crippen molar-refractivity contribution >= 4 is 0 Å². The Hall–Kier alpha value is -1.17. The van der Waals surface area contributed by atoms with Gasteiger partial charge >= 0.3 is 0 Å². The highest BCUT2D eigenvalue weighted by Crippen LogP contribution is 2.18. The molecule has 22 heavy (non-hydrogen) atoms. The van der Waals surface area contributed by atoms with E-state index in [2.05, 4.69) is 37.2 Å². The maximum atomic E-state index is 12.8. The van der Waals surface area contributed by atoms with Crippen LogP contribution in [-0.2, 0) is 30.8 Å². The molecule has 0 aliphatic carbocycles. The highest BCUT2D eigenvalue weighted by Gasteiger charge is 2.20. The van der Waals surface area contributed by atoms with Crippen LogP contribution in [0.2, 0.25) is 0 Å². The first-order valence-corrected chi connectivity index (χ1v) is 8.22. The average Bonchev–Trinajstić information content (AvgIpc) is 2.52. The first-order chi connectivity index (χ1) is 10.6. The van der Waals surface area contributed by atoms with Gasteiger partial charge in [-0.1, -0.05) is 6.92 Å². The fourth-order valence-electron chi connectivity index (χ4n) is 2.90. The number of rotatable bonds is 7. The second kappa shape index (κ2) is 7.90. The number of ether oxygens (including phenoxy) is 1. The van der Waals surface area contributed by atoms with Crippen molar-refractivity contribution in [1.29, 1.82) is 0 Å². The van der Waals surface area contributed by atoms with Gasteiger partial charge in [-0.25, -0.2) is 0 Å². The Bertz CT molecular complexity index is 554. The molecule has 1 aromatic heterocycles. The predicted molar refractivity (Wildman–Crippen MR) is 89.2 cm³/mol. The van der Waals surface area contributed by atoms with Crippen LogP contribution in [0, 0.1) is 0 Å². The largest absolute Gasteiger partial charge is 0.383 e. The number of methoxy groups -OCH3 is 1. The van der Waals surface area contributed by atoms with Crippen molar-refractivity contribution in [2.45, 2.75) is 52.4 Å². The molecule has 1 unspecified atom stereocenters.